The summed E-state index contributed by atoms with van der Waals surface area (Å²) in [4.78, 5) is 21.6. The van der Waals surface area contributed by atoms with Crippen molar-refractivity contribution in [1.29, 1.82) is 0 Å². The highest BCUT2D eigenvalue weighted by atomic mass is 32.2. The molecular weight excluding hydrogens is 432 g/mol. The van der Waals surface area contributed by atoms with Crippen molar-refractivity contribution in [3.63, 3.8) is 0 Å². The van der Waals surface area contributed by atoms with E-state index in [1.807, 2.05) is 0 Å². The number of hydrogen-bond acceptors (Lipinski definition) is 5. The summed E-state index contributed by atoms with van der Waals surface area (Å²) < 4.78 is 33.2. The molecule has 0 bridgehead atoms. The van der Waals surface area contributed by atoms with Gasteiger partial charge in [0.1, 0.15) is 5.75 Å². The van der Waals surface area contributed by atoms with Crippen molar-refractivity contribution in [2.75, 3.05) is 11.3 Å². The predicted octanol–water partition coefficient (Wildman–Crippen LogP) is 4.17. The molecule has 0 atom stereocenters. The van der Waals surface area contributed by atoms with E-state index in [4.69, 9.17) is 15.6 Å². The predicted molar refractivity (Wildman–Crippen MR) is 122 cm³/mol. The van der Waals surface area contributed by atoms with E-state index in [1.165, 1.54) is 36.4 Å². The van der Waals surface area contributed by atoms with Crippen LogP contribution < -0.4 is 15.2 Å². The molecule has 0 spiro atoms. The number of anilines is 1. The van der Waals surface area contributed by atoms with Gasteiger partial charge in [0.15, 0.2) is 0 Å². The zero-order valence-corrected chi connectivity index (χ0v) is 18.8. The van der Waals surface area contributed by atoms with Gasteiger partial charge in [-0.1, -0.05) is 32.1 Å². The fraction of sp³-hybridized carbons (Fsp3) is 0.391. The molecule has 0 radical (unpaired) electrons. The number of benzene rings is 2. The van der Waals surface area contributed by atoms with Crippen LogP contribution in [-0.2, 0) is 14.8 Å². The third kappa shape index (κ3) is 8.97. The Kier molecular flexibility index (Phi) is 10.0. The molecule has 8 nitrogen and oxygen atoms in total. The zero-order chi connectivity index (χ0) is 23.4. The van der Waals surface area contributed by atoms with Gasteiger partial charge in [-0.05, 0) is 61.4 Å². The number of carbonyl (C=O) groups is 2. The number of hydrogen-bond donors (Lipinski definition) is 3. The van der Waals surface area contributed by atoms with E-state index in [0.717, 1.165) is 44.9 Å². The zero-order valence-electron chi connectivity index (χ0n) is 18.0. The summed E-state index contributed by atoms with van der Waals surface area (Å²) in [6.07, 6.45) is 7.08. The molecule has 0 saturated heterocycles. The summed E-state index contributed by atoms with van der Waals surface area (Å²) in [5.74, 6) is -0.716. The van der Waals surface area contributed by atoms with Crippen LogP contribution in [0.25, 0.3) is 0 Å². The molecule has 9 heteroatoms. The van der Waals surface area contributed by atoms with Gasteiger partial charge < -0.3 is 15.6 Å². The molecule has 4 N–H and O–H groups in total. The molecule has 32 heavy (non-hydrogen) atoms. The number of primary amides is 1. The van der Waals surface area contributed by atoms with Gasteiger partial charge in [-0.15, -0.1) is 0 Å². The normalized spacial score (nSPS) is 11.1. The molecule has 0 heterocycles. The molecule has 2 rings (SSSR count). The first-order valence-corrected chi connectivity index (χ1v) is 12.1. The average molecular weight is 463 g/mol. The Hall–Kier alpha value is -3.07. The minimum absolute atomic E-state index is 0.103. The first kappa shape index (κ1) is 25.2. The van der Waals surface area contributed by atoms with Crippen LogP contribution in [0.5, 0.6) is 5.75 Å². The van der Waals surface area contributed by atoms with Gasteiger partial charge >= 0.3 is 5.97 Å². The first-order chi connectivity index (χ1) is 15.3. The van der Waals surface area contributed by atoms with E-state index >= 15 is 0 Å². The minimum Gasteiger partial charge on any atom is -0.494 e. The molecule has 0 aliphatic carbocycles. The summed E-state index contributed by atoms with van der Waals surface area (Å²) in [6.45, 7) is 0.551. The number of nitrogens with one attached hydrogen (secondary N) is 1. The van der Waals surface area contributed by atoms with Crippen LogP contribution in [0.15, 0.2) is 53.4 Å². The molecular formula is C23H30N2O6S. The van der Waals surface area contributed by atoms with Crippen molar-refractivity contribution < 1.29 is 27.9 Å². The topological polar surface area (TPSA) is 136 Å². The van der Waals surface area contributed by atoms with Gasteiger partial charge in [-0.25, -0.2) is 8.42 Å². The maximum absolute atomic E-state index is 12.5. The lowest BCUT2D eigenvalue weighted by Crippen LogP contribution is -2.14. The van der Waals surface area contributed by atoms with E-state index in [2.05, 4.69) is 4.72 Å². The number of carboxylic acids is 1. The Morgan fingerprint density at radius 2 is 1.41 bits per heavy atom. The molecule has 0 saturated carbocycles. The molecule has 1 amide bonds. The number of amides is 1. The van der Waals surface area contributed by atoms with Crippen molar-refractivity contribution >= 4 is 27.6 Å². The Morgan fingerprint density at radius 1 is 0.844 bits per heavy atom. The fourth-order valence-electron chi connectivity index (χ4n) is 3.08. The van der Waals surface area contributed by atoms with E-state index in [1.54, 1.807) is 12.1 Å². The second-order valence-electron chi connectivity index (χ2n) is 7.49. The third-order valence-electron chi connectivity index (χ3n) is 4.86. The fourth-order valence-corrected chi connectivity index (χ4v) is 4.14. The van der Waals surface area contributed by atoms with E-state index in [-0.39, 0.29) is 11.3 Å². The van der Waals surface area contributed by atoms with Crippen LogP contribution in [0, 0.1) is 0 Å². The summed E-state index contributed by atoms with van der Waals surface area (Å²) in [7, 11) is -3.76. The number of rotatable bonds is 15. The maximum Gasteiger partial charge on any atom is 0.303 e. The van der Waals surface area contributed by atoms with Gasteiger partial charge in [-0.3, -0.25) is 14.3 Å². The molecule has 0 unspecified atom stereocenters. The Morgan fingerprint density at radius 3 is 1.97 bits per heavy atom. The lowest BCUT2D eigenvalue weighted by Gasteiger charge is -2.10. The number of carboxylic acid groups (broad SMARTS) is 1. The highest BCUT2D eigenvalue weighted by molar-refractivity contribution is 7.92. The average Bonchev–Trinajstić information content (AvgIpc) is 2.75. The number of aliphatic carboxylic acids is 1. The lowest BCUT2D eigenvalue weighted by molar-refractivity contribution is -0.137. The summed E-state index contributed by atoms with van der Waals surface area (Å²) >= 11 is 0. The van der Waals surface area contributed by atoms with Crippen molar-refractivity contribution in [3.05, 3.63) is 54.1 Å². The Bertz CT molecular complexity index is 973. The maximum atomic E-state index is 12.5. The van der Waals surface area contributed by atoms with Crippen molar-refractivity contribution in [2.45, 2.75) is 56.3 Å². The highest BCUT2D eigenvalue weighted by Crippen LogP contribution is 2.20. The van der Waals surface area contributed by atoms with Crippen LogP contribution in [0.4, 0.5) is 5.69 Å². The van der Waals surface area contributed by atoms with Crippen LogP contribution in [0.2, 0.25) is 0 Å². The van der Waals surface area contributed by atoms with Gasteiger partial charge in [0, 0.05) is 17.7 Å². The summed E-state index contributed by atoms with van der Waals surface area (Å²) in [5, 5.41) is 8.59. The number of sulfonamides is 1. The second-order valence-corrected chi connectivity index (χ2v) is 9.17. The van der Waals surface area contributed by atoms with Crippen molar-refractivity contribution in [2.24, 2.45) is 5.73 Å². The lowest BCUT2D eigenvalue weighted by atomic mass is 10.1. The SMILES string of the molecule is NC(=O)c1ccc(NS(=O)(=O)c2ccc(OCCCCCCCCCC(=O)O)cc2)cc1. The molecule has 2 aromatic rings. The number of unbranched alkanes of at least 4 members (excludes halogenated alkanes) is 6. The van der Waals surface area contributed by atoms with Crippen LogP contribution in [0.1, 0.15) is 61.7 Å². The summed E-state index contributed by atoms with van der Waals surface area (Å²) in [5.41, 5.74) is 5.81. The van der Waals surface area contributed by atoms with E-state index in [9.17, 15) is 18.0 Å². The minimum atomic E-state index is -3.76. The van der Waals surface area contributed by atoms with E-state index in [0.29, 0.717) is 23.6 Å². The van der Waals surface area contributed by atoms with Crippen LogP contribution in [-0.4, -0.2) is 32.0 Å². The first-order valence-electron chi connectivity index (χ1n) is 10.7. The van der Waals surface area contributed by atoms with Crippen molar-refractivity contribution in [1.82, 2.24) is 0 Å². The van der Waals surface area contributed by atoms with Crippen LogP contribution >= 0.6 is 0 Å². The standard InChI is InChI=1S/C23H30N2O6S/c24-23(28)18-9-11-19(12-10-18)25-32(29,30)21-15-13-20(14-16-21)31-17-7-5-3-1-2-4-6-8-22(26)27/h9-16,25H,1-8,17H2,(H2,24,28)(H,26,27). The third-order valence-corrected chi connectivity index (χ3v) is 6.26. The second kappa shape index (κ2) is 12.7. The number of carbonyl (C=O) groups excluding carboxylic acids is 1. The van der Waals surface area contributed by atoms with Gasteiger partial charge in [0.2, 0.25) is 5.91 Å². The highest BCUT2D eigenvalue weighted by Gasteiger charge is 2.14. The quantitative estimate of drug-likeness (QED) is 0.340. The van der Waals surface area contributed by atoms with Crippen LogP contribution in [0.3, 0.4) is 0 Å². The molecule has 0 aliphatic rings. The van der Waals surface area contributed by atoms with Crippen molar-refractivity contribution in [3.8, 4) is 5.75 Å². The largest absolute Gasteiger partial charge is 0.494 e. The van der Waals surface area contributed by atoms with E-state index < -0.39 is 21.9 Å². The Balaban J connectivity index is 1.69. The molecule has 0 aromatic heterocycles. The molecule has 0 aliphatic heterocycles. The molecule has 0 fully saturated rings. The number of ether oxygens (including phenoxy) is 1. The summed E-state index contributed by atoms with van der Waals surface area (Å²) in [6, 6.07) is 12.1. The van der Waals surface area contributed by atoms with Gasteiger partial charge in [0.25, 0.3) is 10.0 Å². The number of nitrogens with two attached hydrogens (primary N) is 1. The Labute approximate surface area is 188 Å². The monoisotopic (exact) mass is 462 g/mol. The smallest absolute Gasteiger partial charge is 0.303 e. The van der Waals surface area contributed by atoms with Gasteiger partial charge in [-0.2, -0.15) is 0 Å². The molecule has 2 aromatic carbocycles. The molecule has 174 valence electrons. The van der Waals surface area contributed by atoms with Gasteiger partial charge in [0.05, 0.1) is 11.5 Å².